The van der Waals surface area contributed by atoms with E-state index in [1.165, 1.54) is 31.5 Å². The maximum Gasteiger partial charge on any atom is 0.133 e. The summed E-state index contributed by atoms with van der Waals surface area (Å²) in [5.74, 6) is 0. The number of hydrogen-bond donors (Lipinski definition) is 0. The third-order valence-corrected chi connectivity index (χ3v) is 5.19. The number of rotatable bonds is 7. The summed E-state index contributed by atoms with van der Waals surface area (Å²) in [4.78, 5) is 19.6. The molecule has 0 N–H and O–H groups in total. The van der Waals surface area contributed by atoms with E-state index >= 15 is 0 Å². The van der Waals surface area contributed by atoms with Crippen LogP contribution in [0.1, 0.15) is 31.2 Å². The van der Waals surface area contributed by atoms with Crippen molar-refractivity contribution >= 4 is 6.29 Å². The molecule has 3 rings (SSSR count). The van der Waals surface area contributed by atoms with Gasteiger partial charge >= 0.3 is 0 Å². The quantitative estimate of drug-likeness (QED) is 0.716. The maximum absolute atomic E-state index is 10.7. The molecule has 2 fully saturated rings. The van der Waals surface area contributed by atoms with Crippen LogP contribution in [-0.2, 0) is 15.1 Å². The second-order valence-electron chi connectivity index (χ2n) is 6.59. The van der Waals surface area contributed by atoms with Crippen molar-refractivity contribution in [2.24, 2.45) is 0 Å². The van der Waals surface area contributed by atoms with Crippen molar-refractivity contribution in [2.75, 3.05) is 45.9 Å². The number of piperidine rings is 1. The summed E-state index contributed by atoms with van der Waals surface area (Å²) in [6.07, 6.45) is 9.19. The second kappa shape index (κ2) is 7.99. The van der Waals surface area contributed by atoms with Crippen LogP contribution in [0.5, 0.6) is 0 Å². The van der Waals surface area contributed by atoms with Gasteiger partial charge in [-0.25, -0.2) is 0 Å². The molecule has 3 heterocycles. The summed E-state index contributed by atoms with van der Waals surface area (Å²) in [5, 5.41) is 0. The van der Waals surface area contributed by atoms with Crippen LogP contribution in [0.4, 0.5) is 0 Å². The first kappa shape index (κ1) is 16.6. The van der Waals surface area contributed by atoms with Gasteiger partial charge in [0.2, 0.25) is 0 Å². The van der Waals surface area contributed by atoms with E-state index in [1.807, 2.05) is 12.4 Å². The molecule has 0 unspecified atom stereocenters. The Morgan fingerprint density at radius 2 is 1.78 bits per heavy atom. The number of hydrogen-bond acceptors (Lipinski definition) is 5. The highest BCUT2D eigenvalue weighted by Crippen LogP contribution is 2.36. The van der Waals surface area contributed by atoms with E-state index in [2.05, 4.69) is 26.9 Å². The Labute approximate surface area is 138 Å². The van der Waals surface area contributed by atoms with Gasteiger partial charge in [0.1, 0.15) is 6.29 Å². The Morgan fingerprint density at radius 1 is 1.09 bits per heavy atom. The average molecular weight is 317 g/mol. The van der Waals surface area contributed by atoms with E-state index in [0.717, 1.165) is 45.4 Å². The molecule has 126 valence electrons. The summed E-state index contributed by atoms with van der Waals surface area (Å²) < 4.78 is 6.46. The van der Waals surface area contributed by atoms with Crippen molar-refractivity contribution in [1.82, 2.24) is 14.8 Å². The largest absolute Gasteiger partial charge is 0.369 e. The predicted octanol–water partition coefficient (Wildman–Crippen LogP) is 1.68. The van der Waals surface area contributed by atoms with Gasteiger partial charge in [0.15, 0.2) is 0 Å². The molecule has 0 saturated carbocycles. The van der Waals surface area contributed by atoms with Crippen LogP contribution >= 0.6 is 0 Å². The fraction of sp³-hybridized carbons (Fsp3) is 0.667. The van der Waals surface area contributed by atoms with Crippen molar-refractivity contribution in [3.8, 4) is 0 Å². The van der Waals surface area contributed by atoms with Crippen molar-refractivity contribution in [3.63, 3.8) is 0 Å². The lowest BCUT2D eigenvalue weighted by molar-refractivity contribution is -0.113. The number of aldehydes is 1. The van der Waals surface area contributed by atoms with Crippen molar-refractivity contribution in [2.45, 2.75) is 31.3 Å². The molecule has 0 atom stereocenters. The Bertz CT molecular complexity index is 480. The molecule has 0 amide bonds. The zero-order valence-corrected chi connectivity index (χ0v) is 13.8. The van der Waals surface area contributed by atoms with Crippen LogP contribution < -0.4 is 0 Å². The minimum atomic E-state index is -0.220. The van der Waals surface area contributed by atoms with Crippen molar-refractivity contribution in [1.29, 1.82) is 0 Å². The van der Waals surface area contributed by atoms with Gasteiger partial charge in [0, 0.05) is 32.0 Å². The highest BCUT2D eigenvalue weighted by atomic mass is 16.5. The van der Waals surface area contributed by atoms with Crippen LogP contribution in [0.25, 0.3) is 0 Å². The number of likely N-dealkylation sites (tertiary alicyclic amines) is 2. The lowest BCUT2D eigenvalue weighted by Gasteiger charge is -2.42. The van der Waals surface area contributed by atoms with E-state index in [1.54, 1.807) is 0 Å². The van der Waals surface area contributed by atoms with Gasteiger partial charge in [-0.05, 0) is 56.5 Å². The molecule has 2 saturated heterocycles. The zero-order valence-electron chi connectivity index (χ0n) is 13.8. The summed E-state index contributed by atoms with van der Waals surface area (Å²) >= 11 is 0. The van der Waals surface area contributed by atoms with E-state index in [9.17, 15) is 4.79 Å². The minimum absolute atomic E-state index is 0.220. The number of carbonyl (C=O) groups excluding carboxylic acids is 1. The van der Waals surface area contributed by atoms with Gasteiger partial charge in [0.05, 0.1) is 18.8 Å². The second-order valence-corrected chi connectivity index (χ2v) is 6.59. The number of ether oxygens (including phenoxy) is 1. The average Bonchev–Trinajstić information content (AvgIpc) is 3.11. The molecule has 0 aromatic carbocycles. The van der Waals surface area contributed by atoms with Gasteiger partial charge in [0.25, 0.3) is 0 Å². The molecule has 0 radical (unpaired) electrons. The molecular weight excluding hydrogens is 290 g/mol. The third kappa shape index (κ3) is 4.16. The van der Waals surface area contributed by atoms with Crippen LogP contribution in [0, 0.1) is 0 Å². The number of carbonyl (C=O) groups is 1. The third-order valence-electron chi connectivity index (χ3n) is 5.19. The molecule has 0 bridgehead atoms. The summed E-state index contributed by atoms with van der Waals surface area (Å²) in [6, 6.07) is 4.15. The van der Waals surface area contributed by atoms with Crippen molar-refractivity contribution < 1.29 is 9.53 Å². The van der Waals surface area contributed by atoms with Gasteiger partial charge < -0.3 is 14.4 Å². The lowest BCUT2D eigenvalue weighted by Crippen LogP contribution is -2.45. The number of pyridine rings is 1. The van der Waals surface area contributed by atoms with Crippen LogP contribution in [0.2, 0.25) is 0 Å². The minimum Gasteiger partial charge on any atom is -0.369 e. The Balaban J connectivity index is 1.63. The Hall–Kier alpha value is -1.30. The first-order chi connectivity index (χ1) is 11.3. The topological polar surface area (TPSA) is 45.7 Å². The van der Waals surface area contributed by atoms with E-state index in [4.69, 9.17) is 4.74 Å². The molecule has 2 aliphatic rings. The van der Waals surface area contributed by atoms with Crippen LogP contribution in [-0.4, -0.2) is 66.9 Å². The molecule has 0 aliphatic carbocycles. The first-order valence-electron chi connectivity index (χ1n) is 8.75. The summed E-state index contributed by atoms with van der Waals surface area (Å²) in [6.45, 7) is 6.55. The molecule has 5 heteroatoms. The van der Waals surface area contributed by atoms with E-state index in [-0.39, 0.29) is 5.60 Å². The Morgan fingerprint density at radius 3 is 2.43 bits per heavy atom. The molecule has 5 nitrogen and oxygen atoms in total. The molecule has 1 aromatic heterocycles. The highest BCUT2D eigenvalue weighted by Gasteiger charge is 2.37. The predicted molar refractivity (Wildman–Crippen MR) is 89.3 cm³/mol. The SMILES string of the molecule is O=CCN1CCC(OCCN2CCCC2)(c2ccncc2)CC1. The van der Waals surface area contributed by atoms with Crippen LogP contribution in [0.3, 0.4) is 0 Å². The van der Waals surface area contributed by atoms with Gasteiger partial charge in [-0.15, -0.1) is 0 Å². The first-order valence-corrected chi connectivity index (χ1v) is 8.75. The zero-order chi connectivity index (χ0) is 16.0. The van der Waals surface area contributed by atoms with E-state index < -0.39 is 0 Å². The standard InChI is InChI=1S/C18H27N3O2/c22-15-13-21-11-5-18(6-12-21,17-3-7-19-8-4-17)23-16-14-20-9-1-2-10-20/h3-4,7-8,15H,1-2,5-6,9-14,16H2. The molecule has 2 aliphatic heterocycles. The van der Waals surface area contributed by atoms with E-state index in [0.29, 0.717) is 6.54 Å². The molecule has 1 aromatic rings. The van der Waals surface area contributed by atoms with Gasteiger partial charge in [-0.2, -0.15) is 0 Å². The normalized spacial score (nSPS) is 22.3. The lowest BCUT2D eigenvalue weighted by atomic mass is 9.84. The van der Waals surface area contributed by atoms with Crippen molar-refractivity contribution in [3.05, 3.63) is 30.1 Å². The summed E-state index contributed by atoms with van der Waals surface area (Å²) in [5.41, 5.74) is 1.00. The van der Waals surface area contributed by atoms with Gasteiger partial charge in [-0.1, -0.05) is 0 Å². The Kier molecular flexibility index (Phi) is 5.75. The number of nitrogens with zero attached hydrogens (tertiary/aromatic N) is 3. The monoisotopic (exact) mass is 317 g/mol. The van der Waals surface area contributed by atoms with Crippen LogP contribution in [0.15, 0.2) is 24.5 Å². The fourth-order valence-electron chi connectivity index (χ4n) is 3.75. The summed E-state index contributed by atoms with van der Waals surface area (Å²) in [7, 11) is 0. The molecule has 0 spiro atoms. The smallest absolute Gasteiger partial charge is 0.133 e. The molecule has 23 heavy (non-hydrogen) atoms. The van der Waals surface area contributed by atoms with Gasteiger partial charge in [-0.3, -0.25) is 9.88 Å². The fourth-order valence-corrected chi connectivity index (χ4v) is 3.75. The highest BCUT2D eigenvalue weighted by molar-refractivity contribution is 5.52. The molecular formula is C18H27N3O2. The maximum atomic E-state index is 10.7. The number of aromatic nitrogens is 1.